The lowest BCUT2D eigenvalue weighted by molar-refractivity contribution is -0.235. The Kier molecular flexibility index (Phi) is 8.02. The summed E-state index contributed by atoms with van der Waals surface area (Å²) >= 11 is 0. The van der Waals surface area contributed by atoms with Crippen LogP contribution in [0.25, 0.3) is 0 Å². The minimum absolute atomic E-state index is 0.0457. The standard InChI is InChI=1S/C40H46F2O6/c1-22(2)15-24-7-6-8-27(16-24)23(3)25-9-11-26(12-10-25)36-47-35-19-29-30-18-32(41)31-17-28(44)13-14-37(31,4)39(30,42)33(45)20-38(29,5)40(35,48-36)34(46)21-43/h6-14,16-17,22-23,29-30,32-33,35-36,43,45H,15,18-21H2,1-5H3/t23-,29+,30+,32+,33+,35-,36+,37+,38+,39+,40-/m1/s1. The van der Waals surface area contributed by atoms with Gasteiger partial charge in [0.2, 0.25) is 0 Å². The SMILES string of the molecule is CC(C)Cc1cccc([C@H](C)c2ccc([C@H]3O[C@@H]4C[C@H]5[C@@H]6C[C@H](F)C7=CC(=O)C=C[C@]7(C)[C@@]6(F)[C@@H](O)C[C@]5(C)[C@]4(C(=O)CO)O3)cc2)c1. The molecule has 2 aromatic carbocycles. The number of ketones is 2. The molecule has 2 aromatic rings. The van der Waals surface area contributed by atoms with E-state index in [0.29, 0.717) is 11.5 Å². The van der Waals surface area contributed by atoms with Crippen LogP contribution in [-0.2, 0) is 25.5 Å². The van der Waals surface area contributed by atoms with Gasteiger partial charge in [-0.1, -0.05) is 82.3 Å². The molecule has 0 unspecified atom stereocenters. The number of halogens is 2. The van der Waals surface area contributed by atoms with Crippen LogP contribution in [0.1, 0.15) is 88.3 Å². The summed E-state index contributed by atoms with van der Waals surface area (Å²) < 4.78 is 46.6. The molecule has 1 aliphatic heterocycles. The van der Waals surface area contributed by atoms with Gasteiger partial charge in [0.1, 0.15) is 12.8 Å². The molecule has 5 aliphatic rings. The summed E-state index contributed by atoms with van der Waals surface area (Å²) in [5, 5.41) is 22.0. The first kappa shape index (κ1) is 33.5. The van der Waals surface area contributed by atoms with Crippen molar-refractivity contribution in [2.24, 2.45) is 28.6 Å². The highest BCUT2D eigenvalue weighted by molar-refractivity contribution is 6.01. The fourth-order valence-corrected chi connectivity index (χ4v) is 10.3. The molecule has 1 heterocycles. The van der Waals surface area contributed by atoms with Crippen molar-refractivity contribution in [1.82, 2.24) is 0 Å². The average molecular weight is 661 g/mol. The first-order chi connectivity index (χ1) is 22.7. The second kappa shape index (κ2) is 11.5. The molecule has 0 radical (unpaired) electrons. The molecule has 0 amide bonds. The smallest absolute Gasteiger partial charge is 0.193 e. The molecule has 2 N–H and O–H groups in total. The fraction of sp³-hybridized carbons (Fsp3) is 0.550. The van der Waals surface area contributed by atoms with E-state index in [1.807, 2.05) is 24.3 Å². The Balaban J connectivity index is 1.18. The highest BCUT2D eigenvalue weighted by Crippen LogP contribution is 2.72. The van der Waals surface area contributed by atoms with Crippen LogP contribution in [0.5, 0.6) is 0 Å². The van der Waals surface area contributed by atoms with Gasteiger partial charge in [-0.2, -0.15) is 0 Å². The molecule has 3 saturated carbocycles. The van der Waals surface area contributed by atoms with Gasteiger partial charge in [0.15, 0.2) is 29.1 Å². The van der Waals surface area contributed by atoms with Crippen molar-refractivity contribution in [2.75, 3.05) is 6.61 Å². The Morgan fingerprint density at radius 3 is 2.46 bits per heavy atom. The maximum absolute atomic E-state index is 17.6. The number of aliphatic hydroxyl groups excluding tert-OH is 2. The number of carbonyl (C=O) groups is 2. The third-order valence-electron chi connectivity index (χ3n) is 12.7. The summed E-state index contributed by atoms with van der Waals surface area (Å²) in [7, 11) is 0. The lowest BCUT2D eigenvalue weighted by Crippen LogP contribution is -2.70. The van der Waals surface area contributed by atoms with Crippen molar-refractivity contribution in [3.05, 3.63) is 94.6 Å². The number of allylic oxidation sites excluding steroid dienone is 4. The number of benzene rings is 2. The molecular formula is C40H46F2O6. The van der Waals surface area contributed by atoms with Crippen LogP contribution in [0.4, 0.5) is 8.78 Å². The third kappa shape index (κ3) is 4.55. The molecule has 0 bridgehead atoms. The van der Waals surface area contributed by atoms with Gasteiger partial charge in [-0.3, -0.25) is 9.59 Å². The highest BCUT2D eigenvalue weighted by Gasteiger charge is 2.80. The molecule has 7 rings (SSSR count). The first-order valence-electron chi connectivity index (χ1n) is 17.3. The van der Waals surface area contributed by atoms with Crippen LogP contribution >= 0.6 is 0 Å². The van der Waals surface area contributed by atoms with Crippen molar-refractivity contribution in [3.8, 4) is 0 Å². The summed E-state index contributed by atoms with van der Waals surface area (Å²) in [5.41, 5.74) is -2.25. The molecule has 48 heavy (non-hydrogen) atoms. The number of hydrogen-bond donors (Lipinski definition) is 2. The van der Waals surface area contributed by atoms with Gasteiger partial charge >= 0.3 is 0 Å². The highest BCUT2D eigenvalue weighted by atomic mass is 19.1. The molecule has 0 aromatic heterocycles. The molecule has 4 fully saturated rings. The Bertz CT molecular complexity index is 1680. The molecule has 11 atom stereocenters. The minimum atomic E-state index is -2.29. The molecule has 0 spiro atoms. The van der Waals surface area contributed by atoms with Gasteiger partial charge < -0.3 is 19.7 Å². The quantitative estimate of drug-likeness (QED) is 0.344. The Labute approximate surface area is 281 Å². The zero-order valence-electron chi connectivity index (χ0n) is 28.3. The topological polar surface area (TPSA) is 93.1 Å². The summed E-state index contributed by atoms with van der Waals surface area (Å²) in [6, 6.07) is 16.6. The lowest BCUT2D eigenvalue weighted by Gasteiger charge is -2.63. The predicted octanol–water partition coefficient (Wildman–Crippen LogP) is 6.68. The van der Waals surface area contributed by atoms with Gasteiger partial charge in [0, 0.05) is 28.2 Å². The van der Waals surface area contributed by atoms with Crippen LogP contribution in [0, 0.1) is 28.6 Å². The lowest BCUT2D eigenvalue weighted by atomic mass is 9.44. The van der Waals surface area contributed by atoms with E-state index in [2.05, 4.69) is 45.0 Å². The molecule has 8 heteroatoms. The van der Waals surface area contributed by atoms with Gasteiger partial charge in [0.25, 0.3) is 0 Å². The zero-order valence-corrected chi connectivity index (χ0v) is 28.3. The van der Waals surface area contributed by atoms with Crippen LogP contribution < -0.4 is 0 Å². The summed E-state index contributed by atoms with van der Waals surface area (Å²) in [4.78, 5) is 26.0. The van der Waals surface area contributed by atoms with E-state index in [0.717, 1.165) is 18.1 Å². The summed E-state index contributed by atoms with van der Waals surface area (Å²) in [6.07, 6.45) is -0.313. The zero-order chi connectivity index (χ0) is 34.4. The van der Waals surface area contributed by atoms with Crippen molar-refractivity contribution in [2.45, 2.75) is 102 Å². The minimum Gasteiger partial charge on any atom is -0.390 e. The summed E-state index contributed by atoms with van der Waals surface area (Å²) in [5.74, 6) is -1.87. The maximum atomic E-state index is 17.6. The molecule has 4 aliphatic carbocycles. The second-order valence-corrected chi connectivity index (χ2v) is 15.7. The number of aliphatic hydroxyl groups is 2. The largest absolute Gasteiger partial charge is 0.390 e. The van der Waals surface area contributed by atoms with Gasteiger partial charge in [-0.05, 0) is 78.9 Å². The van der Waals surface area contributed by atoms with Gasteiger partial charge in [0.05, 0.1) is 12.2 Å². The van der Waals surface area contributed by atoms with Crippen LogP contribution in [0.3, 0.4) is 0 Å². The monoisotopic (exact) mass is 660 g/mol. The normalized spacial score (nSPS) is 40.5. The molecular weight excluding hydrogens is 614 g/mol. The molecule has 6 nitrogen and oxygen atoms in total. The third-order valence-corrected chi connectivity index (χ3v) is 12.7. The predicted molar refractivity (Wildman–Crippen MR) is 176 cm³/mol. The average Bonchev–Trinajstić information content (AvgIpc) is 3.56. The Hall–Kier alpha value is -3.04. The fourth-order valence-electron chi connectivity index (χ4n) is 10.3. The molecule has 256 valence electrons. The number of alkyl halides is 2. The van der Waals surface area contributed by atoms with Gasteiger partial charge in [-0.15, -0.1) is 0 Å². The Morgan fingerprint density at radius 1 is 1.04 bits per heavy atom. The number of carbonyl (C=O) groups excluding carboxylic acids is 2. The van der Waals surface area contributed by atoms with E-state index in [1.165, 1.54) is 23.3 Å². The molecule has 1 saturated heterocycles. The first-order valence-corrected chi connectivity index (χ1v) is 17.3. The van der Waals surface area contributed by atoms with E-state index in [-0.39, 0.29) is 30.8 Å². The van der Waals surface area contributed by atoms with Crippen molar-refractivity contribution < 1.29 is 38.1 Å². The number of Topliss-reactive ketones (excluding diaryl/α,β-unsaturated/α-hetero) is 1. The number of rotatable bonds is 7. The van der Waals surface area contributed by atoms with E-state index in [9.17, 15) is 19.8 Å². The van der Waals surface area contributed by atoms with E-state index in [4.69, 9.17) is 9.47 Å². The van der Waals surface area contributed by atoms with Crippen molar-refractivity contribution in [1.29, 1.82) is 0 Å². The van der Waals surface area contributed by atoms with Crippen molar-refractivity contribution in [3.63, 3.8) is 0 Å². The number of fused-ring (bicyclic) bond motifs is 7. The van der Waals surface area contributed by atoms with E-state index < -0.39 is 76.8 Å². The maximum Gasteiger partial charge on any atom is 0.193 e. The van der Waals surface area contributed by atoms with Crippen molar-refractivity contribution >= 4 is 11.6 Å². The Morgan fingerprint density at radius 2 is 1.77 bits per heavy atom. The van der Waals surface area contributed by atoms with Gasteiger partial charge in [-0.25, -0.2) is 8.78 Å². The van der Waals surface area contributed by atoms with E-state index >= 15 is 8.78 Å². The van der Waals surface area contributed by atoms with Crippen LogP contribution in [0.15, 0.2) is 72.3 Å². The second-order valence-electron chi connectivity index (χ2n) is 15.7. The van der Waals surface area contributed by atoms with Crippen LogP contribution in [-0.4, -0.2) is 58.0 Å². The van der Waals surface area contributed by atoms with Crippen LogP contribution in [0.2, 0.25) is 0 Å². The van der Waals surface area contributed by atoms with E-state index in [1.54, 1.807) is 13.8 Å². The number of hydrogen-bond acceptors (Lipinski definition) is 6. The summed E-state index contributed by atoms with van der Waals surface area (Å²) in [6.45, 7) is 9.11. The number of ether oxygens (including phenoxy) is 2.